The summed E-state index contributed by atoms with van der Waals surface area (Å²) in [5.74, 6) is -0.336. The largest absolute Gasteiger partial charge is 0.504 e. The van der Waals surface area contributed by atoms with Gasteiger partial charge < -0.3 is 20.7 Å². The summed E-state index contributed by atoms with van der Waals surface area (Å²) in [5, 5.41) is 17.3. The van der Waals surface area contributed by atoms with Crippen LogP contribution in [0.4, 0.5) is 5.69 Å². The molecule has 0 saturated carbocycles. The van der Waals surface area contributed by atoms with Gasteiger partial charge in [0.25, 0.3) is 0 Å². The average Bonchev–Trinajstić information content (AvgIpc) is 2.45. The van der Waals surface area contributed by atoms with Gasteiger partial charge in [-0.3, -0.25) is 0 Å². The van der Waals surface area contributed by atoms with Gasteiger partial charge in [0.15, 0.2) is 11.5 Å². The lowest BCUT2D eigenvalue weighted by Gasteiger charge is -2.02. The highest BCUT2D eigenvalue weighted by molar-refractivity contribution is 5.79. The SMILES string of the molecule is CCCCCCC=CC(=O)O.COc1cc(N)ccc1O. The standard InChI is InChI=1S/C9H16O2.C7H9NO2/c1-2-3-4-5-6-7-8-9(10)11;1-10-7-4-5(8)2-3-6(7)9/h7-8H,2-6H2,1H3,(H,10,11);2-4,9H,8H2,1H3. The van der Waals surface area contributed by atoms with Gasteiger partial charge >= 0.3 is 5.97 Å². The van der Waals surface area contributed by atoms with Gasteiger partial charge in [-0.25, -0.2) is 4.79 Å². The topological polar surface area (TPSA) is 92.8 Å². The molecule has 0 aromatic heterocycles. The molecule has 4 N–H and O–H groups in total. The molecule has 0 fully saturated rings. The number of nitrogens with two attached hydrogens (primary N) is 1. The van der Waals surface area contributed by atoms with E-state index >= 15 is 0 Å². The Morgan fingerprint density at radius 3 is 2.57 bits per heavy atom. The number of benzene rings is 1. The zero-order chi connectivity index (χ0) is 16.1. The summed E-state index contributed by atoms with van der Waals surface area (Å²) >= 11 is 0. The number of methoxy groups -OCH3 is 1. The molecule has 0 aliphatic heterocycles. The maximum atomic E-state index is 10.0. The van der Waals surface area contributed by atoms with Crippen LogP contribution < -0.4 is 10.5 Å². The van der Waals surface area contributed by atoms with Crippen molar-refractivity contribution >= 4 is 11.7 Å². The van der Waals surface area contributed by atoms with E-state index in [1.54, 1.807) is 18.2 Å². The fourth-order valence-electron chi connectivity index (χ4n) is 1.57. The molecule has 0 saturated heterocycles. The van der Waals surface area contributed by atoms with Crippen molar-refractivity contribution in [1.29, 1.82) is 0 Å². The molecule has 1 rings (SSSR count). The van der Waals surface area contributed by atoms with Crippen LogP contribution in [0.25, 0.3) is 0 Å². The summed E-state index contributed by atoms with van der Waals surface area (Å²) in [6, 6.07) is 4.67. The third-order valence-corrected chi connectivity index (χ3v) is 2.69. The number of aromatic hydroxyl groups is 1. The predicted octanol–water partition coefficient (Wildman–Crippen LogP) is 3.58. The summed E-state index contributed by atoms with van der Waals surface area (Å²) in [6.45, 7) is 2.16. The van der Waals surface area contributed by atoms with Gasteiger partial charge in [-0.2, -0.15) is 0 Å². The first kappa shape index (κ1) is 18.8. The smallest absolute Gasteiger partial charge is 0.327 e. The molecule has 5 heteroatoms. The van der Waals surface area contributed by atoms with Crippen LogP contribution in [-0.2, 0) is 4.79 Å². The van der Waals surface area contributed by atoms with E-state index in [1.807, 2.05) is 0 Å². The van der Waals surface area contributed by atoms with E-state index in [9.17, 15) is 4.79 Å². The highest BCUT2D eigenvalue weighted by Crippen LogP contribution is 2.26. The van der Waals surface area contributed by atoms with Crippen LogP contribution in [-0.4, -0.2) is 23.3 Å². The maximum Gasteiger partial charge on any atom is 0.327 e. The number of phenolic OH excluding ortho intramolecular Hbond substituents is 1. The van der Waals surface area contributed by atoms with Gasteiger partial charge in [0.05, 0.1) is 7.11 Å². The number of allylic oxidation sites excluding steroid dienone is 1. The van der Waals surface area contributed by atoms with Crippen molar-refractivity contribution in [2.24, 2.45) is 0 Å². The van der Waals surface area contributed by atoms with Crippen LogP contribution in [0.15, 0.2) is 30.4 Å². The Morgan fingerprint density at radius 1 is 1.33 bits per heavy atom. The molecule has 0 bridgehead atoms. The Balaban J connectivity index is 0.000000382. The van der Waals surface area contributed by atoms with Crippen molar-refractivity contribution in [3.63, 3.8) is 0 Å². The van der Waals surface area contributed by atoms with Crippen LogP contribution in [0.5, 0.6) is 11.5 Å². The summed E-state index contributed by atoms with van der Waals surface area (Å²) < 4.78 is 4.80. The summed E-state index contributed by atoms with van der Waals surface area (Å²) in [5.41, 5.74) is 5.99. The number of rotatable bonds is 7. The van der Waals surface area contributed by atoms with Crippen molar-refractivity contribution in [2.75, 3.05) is 12.8 Å². The average molecular weight is 295 g/mol. The second-order valence-electron chi connectivity index (χ2n) is 4.52. The number of phenols is 1. The molecule has 1 aromatic carbocycles. The van der Waals surface area contributed by atoms with Gasteiger partial charge in [-0.15, -0.1) is 0 Å². The zero-order valence-electron chi connectivity index (χ0n) is 12.7. The molecule has 0 unspecified atom stereocenters. The molecule has 0 aliphatic carbocycles. The first-order valence-corrected chi connectivity index (χ1v) is 7.03. The Kier molecular flexibility index (Phi) is 10.4. The fourth-order valence-corrected chi connectivity index (χ4v) is 1.57. The lowest BCUT2D eigenvalue weighted by molar-refractivity contribution is -0.131. The minimum Gasteiger partial charge on any atom is -0.504 e. The van der Waals surface area contributed by atoms with E-state index in [1.165, 1.54) is 38.5 Å². The van der Waals surface area contributed by atoms with E-state index in [0.717, 1.165) is 12.8 Å². The highest BCUT2D eigenvalue weighted by atomic mass is 16.5. The number of aliphatic carboxylic acids is 1. The van der Waals surface area contributed by atoms with Crippen LogP contribution >= 0.6 is 0 Å². The monoisotopic (exact) mass is 295 g/mol. The quantitative estimate of drug-likeness (QED) is 0.309. The molecule has 0 heterocycles. The number of ether oxygens (including phenoxy) is 1. The summed E-state index contributed by atoms with van der Waals surface area (Å²) in [6.07, 6.45) is 8.62. The Bertz CT molecular complexity index is 444. The van der Waals surface area contributed by atoms with Crippen LogP contribution in [0.2, 0.25) is 0 Å². The number of nitrogen functional groups attached to an aromatic ring is 1. The van der Waals surface area contributed by atoms with Crippen molar-refractivity contribution in [3.05, 3.63) is 30.4 Å². The number of anilines is 1. The van der Waals surface area contributed by atoms with E-state index in [4.69, 9.17) is 20.7 Å². The lowest BCUT2D eigenvalue weighted by atomic mass is 10.1. The molecule has 21 heavy (non-hydrogen) atoms. The minimum atomic E-state index is -0.847. The number of carbonyl (C=O) groups is 1. The van der Waals surface area contributed by atoms with Gasteiger partial charge in [-0.05, 0) is 25.0 Å². The van der Waals surface area contributed by atoms with Gasteiger partial charge in [0, 0.05) is 17.8 Å². The van der Waals surface area contributed by atoms with Crippen LogP contribution in [0, 0.1) is 0 Å². The molecular weight excluding hydrogens is 270 g/mol. The fraction of sp³-hybridized carbons (Fsp3) is 0.438. The number of hydrogen-bond acceptors (Lipinski definition) is 4. The normalized spacial score (nSPS) is 10.0. The molecule has 0 aliphatic rings. The van der Waals surface area contributed by atoms with Crippen molar-refractivity contribution < 1.29 is 19.7 Å². The van der Waals surface area contributed by atoms with Gasteiger partial charge in [0.2, 0.25) is 0 Å². The third kappa shape index (κ3) is 10.3. The molecule has 0 atom stereocenters. The Labute approximate surface area is 126 Å². The molecule has 118 valence electrons. The molecule has 0 spiro atoms. The van der Waals surface area contributed by atoms with Gasteiger partial charge in [0.1, 0.15) is 0 Å². The first-order chi connectivity index (χ1) is 10.0. The number of unbranched alkanes of at least 4 members (excludes halogenated alkanes) is 4. The van der Waals surface area contributed by atoms with Gasteiger partial charge in [-0.1, -0.05) is 32.3 Å². The van der Waals surface area contributed by atoms with Crippen molar-refractivity contribution in [1.82, 2.24) is 0 Å². The molecule has 0 amide bonds. The number of hydrogen-bond donors (Lipinski definition) is 3. The second kappa shape index (κ2) is 11.6. The summed E-state index contributed by atoms with van der Waals surface area (Å²) in [4.78, 5) is 10.0. The van der Waals surface area contributed by atoms with Crippen molar-refractivity contribution in [2.45, 2.75) is 39.0 Å². The maximum absolute atomic E-state index is 10.0. The molecule has 5 nitrogen and oxygen atoms in total. The second-order valence-corrected chi connectivity index (χ2v) is 4.52. The van der Waals surface area contributed by atoms with E-state index < -0.39 is 5.97 Å². The van der Waals surface area contributed by atoms with Crippen LogP contribution in [0.1, 0.15) is 39.0 Å². The number of carboxylic acids is 1. The molecular formula is C16H25NO4. The van der Waals surface area contributed by atoms with Crippen molar-refractivity contribution in [3.8, 4) is 11.5 Å². The number of carboxylic acid groups (broad SMARTS) is 1. The van der Waals surface area contributed by atoms with E-state index in [0.29, 0.717) is 11.4 Å². The predicted molar refractivity (Wildman–Crippen MR) is 84.6 cm³/mol. The first-order valence-electron chi connectivity index (χ1n) is 7.03. The zero-order valence-corrected chi connectivity index (χ0v) is 12.7. The Morgan fingerprint density at radius 2 is 2.05 bits per heavy atom. The van der Waals surface area contributed by atoms with E-state index in [-0.39, 0.29) is 5.75 Å². The Hall–Kier alpha value is -2.17. The lowest BCUT2D eigenvalue weighted by Crippen LogP contribution is -1.87. The third-order valence-electron chi connectivity index (χ3n) is 2.69. The minimum absolute atomic E-state index is 0.108. The van der Waals surface area contributed by atoms with E-state index in [2.05, 4.69) is 6.92 Å². The summed E-state index contributed by atoms with van der Waals surface area (Å²) in [7, 11) is 1.48. The molecule has 1 aromatic rings. The van der Waals surface area contributed by atoms with Crippen LogP contribution in [0.3, 0.4) is 0 Å². The highest BCUT2D eigenvalue weighted by Gasteiger charge is 1.98. The molecule has 0 radical (unpaired) electrons.